The summed E-state index contributed by atoms with van der Waals surface area (Å²) in [5.74, 6) is 0.302. The van der Waals surface area contributed by atoms with Gasteiger partial charge in [0.25, 0.3) is 0 Å². The standard InChI is InChI=1S/C13H24N2O/c1-4-6-13(7-9-14-10-8-13)12(16)15(3)11-5-2/h5,14H,2,4,6-11H2,1,3H3. The van der Waals surface area contributed by atoms with Crippen molar-refractivity contribution in [2.75, 3.05) is 26.7 Å². The fourth-order valence-electron chi connectivity index (χ4n) is 2.64. The summed E-state index contributed by atoms with van der Waals surface area (Å²) in [7, 11) is 1.88. The largest absolute Gasteiger partial charge is 0.342 e. The second-order valence-corrected chi connectivity index (χ2v) is 4.75. The van der Waals surface area contributed by atoms with E-state index in [0.29, 0.717) is 12.5 Å². The molecule has 92 valence electrons. The van der Waals surface area contributed by atoms with Crippen molar-refractivity contribution < 1.29 is 4.79 Å². The summed E-state index contributed by atoms with van der Waals surface area (Å²) in [5, 5.41) is 3.33. The molecule has 0 radical (unpaired) electrons. The molecule has 0 bridgehead atoms. The number of carbonyl (C=O) groups excluding carboxylic acids is 1. The van der Waals surface area contributed by atoms with E-state index >= 15 is 0 Å². The molecule has 1 aliphatic heterocycles. The molecular formula is C13H24N2O. The third kappa shape index (κ3) is 2.85. The zero-order valence-electron chi connectivity index (χ0n) is 10.6. The highest BCUT2D eigenvalue weighted by Gasteiger charge is 2.39. The van der Waals surface area contributed by atoms with E-state index in [0.717, 1.165) is 38.8 Å². The van der Waals surface area contributed by atoms with Crippen LogP contribution in [0.25, 0.3) is 0 Å². The molecule has 0 aromatic carbocycles. The quantitative estimate of drug-likeness (QED) is 0.722. The van der Waals surface area contributed by atoms with E-state index in [1.807, 2.05) is 11.9 Å². The van der Waals surface area contributed by atoms with Crippen LogP contribution >= 0.6 is 0 Å². The number of nitrogens with zero attached hydrogens (tertiary/aromatic N) is 1. The zero-order chi connectivity index (χ0) is 12.0. The van der Waals surface area contributed by atoms with Gasteiger partial charge in [-0.3, -0.25) is 4.79 Å². The molecule has 1 heterocycles. The predicted molar refractivity (Wildman–Crippen MR) is 67.3 cm³/mol. The van der Waals surface area contributed by atoms with Gasteiger partial charge in [-0.15, -0.1) is 6.58 Å². The van der Waals surface area contributed by atoms with Crippen molar-refractivity contribution in [2.24, 2.45) is 5.41 Å². The lowest BCUT2D eigenvalue weighted by Crippen LogP contribution is -2.48. The molecule has 1 N–H and O–H groups in total. The molecule has 16 heavy (non-hydrogen) atoms. The SMILES string of the molecule is C=CCN(C)C(=O)C1(CCC)CCNCC1. The van der Waals surface area contributed by atoms with Crippen LogP contribution in [0.5, 0.6) is 0 Å². The molecule has 0 aliphatic carbocycles. The third-order valence-corrected chi connectivity index (χ3v) is 3.49. The van der Waals surface area contributed by atoms with Gasteiger partial charge in [0.2, 0.25) is 5.91 Å². The number of likely N-dealkylation sites (N-methyl/N-ethyl adjacent to an activating group) is 1. The van der Waals surface area contributed by atoms with Gasteiger partial charge in [0.15, 0.2) is 0 Å². The van der Waals surface area contributed by atoms with Crippen LogP contribution in [-0.2, 0) is 4.79 Å². The summed E-state index contributed by atoms with van der Waals surface area (Å²) in [6.07, 6.45) is 5.82. The van der Waals surface area contributed by atoms with Gasteiger partial charge >= 0.3 is 0 Å². The molecule has 0 unspecified atom stereocenters. The van der Waals surface area contributed by atoms with E-state index in [1.54, 1.807) is 6.08 Å². The Labute approximate surface area is 98.9 Å². The summed E-state index contributed by atoms with van der Waals surface area (Å²) < 4.78 is 0. The van der Waals surface area contributed by atoms with Crippen LogP contribution in [-0.4, -0.2) is 37.5 Å². The minimum absolute atomic E-state index is 0.113. The highest BCUT2D eigenvalue weighted by atomic mass is 16.2. The molecule has 0 aromatic rings. The summed E-state index contributed by atoms with van der Waals surface area (Å²) in [6, 6.07) is 0. The molecule has 0 spiro atoms. The van der Waals surface area contributed by atoms with Crippen LogP contribution in [0.4, 0.5) is 0 Å². The Morgan fingerprint density at radius 1 is 1.50 bits per heavy atom. The smallest absolute Gasteiger partial charge is 0.228 e. The first-order chi connectivity index (χ1) is 7.66. The molecule has 1 amide bonds. The Bertz CT molecular complexity index is 239. The van der Waals surface area contributed by atoms with Gasteiger partial charge in [0.05, 0.1) is 5.41 Å². The van der Waals surface area contributed by atoms with Crippen molar-refractivity contribution in [2.45, 2.75) is 32.6 Å². The van der Waals surface area contributed by atoms with Gasteiger partial charge in [-0.2, -0.15) is 0 Å². The number of rotatable bonds is 5. The Morgan fingerprint density at radius 3 is 2.62 bits per heavy atom. The van der Waals surface area contributed by atoms with Gasteiger partial charge in [-0.1, -0.05) is 19.4 Å². The van der Waals surface area contributed by atoms with E-state index < -0.39 is 0 Å². The van der Waals surface area contributed by atoms with Crippen molar-refractivity contribution in [1.82, 2.24) is 10.2 Å². The second-order valence-electron chi connectivity index (χ2n) is 4.75. The monoisotopic (exact) mass is 224 g/mol. The summed E-state index contributed by atoms with van der Waals surface area (Å²) in [4.78, 5) is 14.3. The van der Waals surface area contributed by atoms with E-state index in [1.165, 1.54) is 0 Å². The van der Waals surface area contributed by atoms with Crippen molar-refractivity contribution >= 4 is 5.91 Å². The van der Waals surface area contributed by atoms with E-state index in [-0.39, 0.29) is 5.41 Å². The maximum Gasteiger partial charge on any atom is 0.228 e. The van der Waals surface area contributed by atoms with Gasteiger partial charge < -0.3 is 10.2 Å². The molecule has 3 nitrogen and oxygen atoms in total. The molecule has 0 saturated carbocycles. The maximum atomic E-state index is 12.5. The zero-order valence-corrected chi connectivity index (χ0v) is 10.6. The van der Waals surface area contributed by atoms with Crippen LogP contribution < -0.4 is 5.32 Å². The van der Waals surface area contributed by atoms with E-state index in [2.05, 4.69) is 18.8 Å². The van der Waals surface area contributed by atoms with Crippen LogP contribution in [0.2, 0.25) is 0 Å². The van der Waals surface area contributed by atoms with Crippen LogP contribution in [0.15, 0.2) is 12.7 Å². The molecule has 0 atom stereocenters. The first-order valence-corrected chi connectivity index (χ1v) is 6.23. The fourth-order valence-corrected chi connectivity index (χ4v) is 2.64. The normalized spacial score (nSPS) is 19.1. The second kappa shape index (κ2) is 6.04. The molecular weight excluding hydrogens is 200 g/mol. The minimum atomic E-state index is -0.113. The minimum Gasteiger partial charge on any atom is -0.342 e. The molecule has 1 fully saturated rings. The van der Waals surface area contributed by atoms with Crippen molar-refractivity contribution in [3.05, 3.63) is 12.7 Å². The molecule has 1 rings (SSSR count). The Balaban J connectivity index is 2.74. The topological polar surface area (TPSA) is 32.3 Å². The predicted octanol–water partition coefficient (Wildman–Crippen LogP) is 1.80. The summed E-state index contributed by atoms with van der Waals surface area (Å²) in [6.45, 7) is 8.43. The average molecular weight is 224 g/mol. The van der Waals surface area contributed by atoms with Gasteiger partial charge in [0, 0.05) is 13.6 Å². The molecule has 0 aromatic heterocycles. The number of piperidine rings is 1. The highest BCUT2D eigenvalue weighted by molar-refractivity contribution is 5.82. The Kier molecular flexibility index (Phi) is 5.00. The van der Waals surface area contributed by atoms with E-state index in [9.17, 15) is 4.79 Å². The van der Waals surface area contributed by atoms with Gasteiger partial charge in [-0.25, -0.2) is 0 Å². The molecule has 1 aliphatic rings. The number of hydrogen-bond acceptors (Lipinski definition) is 2. The lowest BCUT2D eigenvalue weighted by molar-refractivity contribution is -0.142. The van der Waals surface area contributed by atoms with Crippen molar-refractivity contribution in [1.29, 1.82) is 0 Å². The number of carbonyl (C=O) groups is 1. The number of nitrogens with one attached hydrogen (secondary N) is 1. The number of amides is 1. The number of hydrogen-bond donors (Lipinski definition) is 1. The summed E-state index contributed by atoms with van der Waals surface area (Å²) in [5.41, 5.74) is -0.113. The Hall–Kier alpha value is -0.830. The molecule has 1 saturated heterocycles. The highest BCUT2D eigenvalue weighted by Crippen LogP contribution is 2.35. The lowest BCUT2D eigenvalue weighted by Gasteiger charge is -2.38. The first-order valence-electron chi connectivity index (χ1n) is 6.23. The first kappa shape index (κ1) is 13.2. The fraction of sp³-hybridized carbons (Fsp3) is 0.769. The van der Waals surface area contributed by atoms with E-state index in [4.69, 9.17) is 0 Å². The summed E-state index contributed by atoms with van der Waals surface area (Å²) >= 11 is 0. The Morgan fingerprint density at radius 2 is 2.12 bits per heavy atom. The van der Waals surface area contributed by atoms with Gasteiger partial charge in [-0.05, 0) is 32.4 Å². The van der Waals surface area contributed by atoms with Crippen LogP contribution in [0, 0.1) is 5.41 Å². The lowest BCUT2D eigenvalue weighted by atomic mass is 9.74. The van der Waals surface area contributed by atoms with Crippen LogP contribution in [0.3, 0.4) is 0 Å². The molecule has 3 heteroatoms. The maximum absolute atomic E-state index is 12.5. The van der Waals surface area contributed by atoms with Crippen molar-refractivity contribution in [3.63, 3.8) is 0 Å². The van der Waals surface area contributed by atoms with Crippen LogP contribution in [0.1, 0.15) is 32.6 Å². The van der Waals surface area contributed by atoms with Gasteiger partial charge in [0.1, 0.15) is 0 Å². The van der Waals surface area contributed by atoms with Crippen molar-refractivity contribution in [3.8, 4) is 0 Å². The third-order valence-electron chi connectivity index (χ3n) is 3.49. The average Bonchev–Trinajstić information content (AvgIpc) is 2.30.